The standard InChI is InChI=1S/C16H24N2O3/c1-12-9-14(21-15(12)16(19)20)11-17-8-5-13(10-17)18-6-3-2-4-7-18/h9,13H,2-8,10-11H2,1H3,(H,19,20). The lowest BCUT2D eigenvalue weighted by molar-refractivity contribution is 0.0657. The Morgan fingerprint density at radius 1 is 1.33 bits per heavy atom. The first-order valence-corrected chi connectivity index (χ1v) is 7.92. The number of piperidine rings is 1. The molecular weight excluding hydrogens is 268 g/mol. The molecule has 0 radical (unpaired) electrons. The zero-order valence-corrected chi connectivity index (χ0v) is 12.7. The number of aromatic carboxylic acids is 1. The Hall–Kier alpha value is -1.33. The first-order chi connectivity index (χ1) is 10.1. The molecule has 0 aliphatic carbocycles. The van der Waals surface area contributed by atoms with Gasteiger partial charge in [-0.25, -0.2) is 4.79 Å². The van der Waals surface area contributed by atoms with E-state index >= 15 is 0 Å². The zero-order valence-electron chi connectivity index (χ0n) is 12.7. The molecule has 2 aliphatic rings. The summed E-state index contributed by atoms with van der Waals surface area (Å²) in [7, 11) is 0. The van der Waals surface area contributed by atoms with E-state index in [4.69, 9.17) is 9.52 Å². The highest BCUT2D eigenvalue weighted by atomic mass is 16.4. The zero-order chi connectivity index (χ0) is 14.8. The third kappa shape index (κ3) is 3.30. The fourth-order valence-electron chi connectivity index (χ4n) is 3.60. The highest BCUT2D eigenvalue weighted by Crippen LogP contribution is 2.23. The van der Waals surface area contributed by atoms with Gasteiger partial charge < -0.3 is 9.52 Å². The predicted molar refractivity (Wildman–Crippen MR) is 79.5 cm³/mol. The molecule has 3 rings (SSSR count). The number of hydrogen-bond donors (Lipinski definition) is 1. The van der Waals surface area contributed by atoms with Crippen molar-refractivity contribution in [2.24, 2.45) is 0 Å². The molecule has 2 fully saturated rings. The maximum absolute atomic E-state index is 11.0. The molecule has 5 nitrogen and oxygen atoms in total. The van der Waals surface area contributed by atoms with E-state index in [0.29, 0.717) is 11.6 Å². The monoisotopic (exact) mass is 292 g/mol. The summed E-state index contributed by atoms with van der Waals surface area (Å²) < 4.78 is 5.46. The SMILES string of the molecule is Cc1cc(CN2CCC(N3CCCCC3)C2)oc1C(=O)O. The fourth-order valence-corrected chi connectivity index (χ4v) is 3.60. The average molecular weight is 292 g/mol. The van der Waals surface area contributed by atoms with Gasteiger partial charge in [0, 0.05) is 24.7 Å². The Labute approximate surface area is 125 Å². The van der Waals surface area contributed by atoms with Crippen molar-refractivity contribution in [2.45, 2.75) is 45.2 Å². The second kappa shape index (κ2) is 6.20. The lowest BCUT2D eigenvalue weighted by Gasteiger charge is -2.32. The van der Waals surface area contributed by atoms with Crippen molar-refractivity contribution >= 4 is 5.97 Å². The van der Waals surface area contributed by atoms with Gasteiger partial charge in [0.2, 0.25) is 5.76 Å². The number of nitrogens with zero attached hydrogens (tertiary/aromatic N) is 2. The first-order valence-electron chi connectivity index (χ1n) is 7.92. The summed E-state index contributed by atoms with van der Waals surface area (Å²) in [6.07, 6.45) is 5.24. The van der Waals surface area contributed by atoms with E-state index in [2.05, 4.69) is 9.80 Å². The molecule has 1 aromatic heterocycles. The lowest BCUT2D eigenvalue weighted by Crippen LogP contribution is -2.40. The summed E-state index contributed by atoms with van der Waals surface area (Å²) in [5, 5.41) is 9.04. The van der Waals surface area contributed by atoms with Gasteiger partial charge >= 0.3 is 5.97 Å². The van der Waals surface area contributed by atoms with E-state index in [9.17, 15) is 4.79 Å². The van der Waals surface area contributed by atoms with Crippen molar-refractivity contribution in [1.82, 2.24) is 9.80 Å². The third-order valence-electron chi connectivity index (χ3n) is 4.70. The lowest BCUT2D eigenvalue weighted by atomic mass is 10.1. The van der Waals surface area contributed by atoms with Gasteiger partial charge in [0.15, 0.2) is 0 Å². The molecule has 1 aromatic rings. The van der Waals surface area contributed by atoms with Crippen LogP contribution >= 0.6 is 0 Å². The Bertz CT molecular complexity index is 506. The summed E-state index contributed by atoms with van der Waals surface area (Å²) in [5.74, 6) is -0.132. The molecule has 1 N–H and O–H groups in total. The number of aryl methyl sites for hydroxylation is 1. The van der Waals surface area contributed by atoms with Gasteiger partial charge in [-0.15, -0.1) is 0 Å². The Morgan fingerprint density at radius 3 is 2.76 bits per heavy atom. The van der Waals surface area contributed by atoms with Gasteiger partial charge in [-0.05, 0) is 45.3 Å². The third-order valence-corrected chi connectivity index (χ3v) is 4.70. The van der Waals surface area contributed by atoms with Gasteiger partial charge in [-0.1, -0.05) is 6.42 Å². The summed E-state index contributed by atoms with van der Waals surface area (Å²) in [6, 6.07) is 2.53. The first kappa shape index (κ1) is 14.6. The van der Waals surface area contributed by atoms with Crippen molar-refractivity contribution in [1.29, 1.82) is 0 Å². The molecule has 1 unspecified atom stereocenters. The van der Waals surface area contributed by atoms with Gasteiger partial charge in [-0.2, -0.15) is 0 Å². The maximum Gasteiger partial charge on any atom is 0.372 e. The number of hydrogen-bond acceptors (Lipinski definition) is 4. The minimum atomic E-state index is -0.980. The Kier molecular flexibility index (Phi) is 4.31. The minimum absolute atomic E-state index is 0.0803. The van der Waals surface area contributed by atoms with Gasteiger partial charge in [0.05, 0.1) is 6.54 Å². The Morgan fingerprint density at radius 2 is 2.10 bits per heavy atom. The molecule has 0 amide bonds. The molecule has 0 saturated carbocycles. The fraction of sp³-hybridized carbons (Fsp3) is 0.688. The molecule has 0 spiro atoms. The molecular formula is C16H24N2O3. The van der Waals surface area contributed by atoms with Crippen molar-refractivity contribution in [3.63, 3.8) is 0 Å². The van der Waals surface area contributed by atoms with E-state index in [0.717, 1.165) is 25.4 Å². The predicted octanol–water partition coefficient (Wildman–Crippen LogP) is 2.35. The quantitative estimate of drug-likeness (QED) is 0.923. The maximum atomic E-state index is 11.0. The molecule has 1 atom stereocenters. The van der Waals surface area contributed by atoms with E-state index < -0.39 is 5.97 Å². The van der Waals surface area contributed by atoms with Gasteiger partial charge in [0.1, 0.15) is 5.76 Å². The van der Waals surface area contributed by atoms with Gasteiger partial charge in [0.25, 0.3) is 0 Å². The van der Waals surface area contributed by atoms with Crippen molar-refractivity contribution in [3.05, 3.63) is 23.2 Å². The molecule has 21 heavy (non-hydrogen) atoms. The van der Waals surface area contributed by atoms with Crippen molar-refractivity contribution in [2.75, 3.05) is 26.2 Å². The van der Waals surface area contributed by atoms with Crippen LogP contribution in [0.15, 0.2) is 10.5 Å². The number of carboxylic acid groups (broad SMARTS) is 1. The van der Waals surface area contributed by atoms with E-state index in [1.54, 1.807) is 6.92 Å². The highest BCUT2D eigenvalue weighted by Gasteiger charge is 2.29. The van der Waals surface area contributed by atoms with Crippen LogP contribution in [0.4, 0.5) is 0 Å². The van der Waals surface area contributed by atoms with Crippen LogP contribution < -0.4 is 0 Å². The summed E-state index contributed by atoms with van der Waals surface area (Å²) >= 11 is 0. The molecule has 116 valence electrons. The molecule has 2 saturated heterocycles. The van der Waals surface area contributed by atoms with Gasteiger partial charge in [-0.3, -0.25) is 9.80 Å². The second-order valence-corrected chi connectivity index (χ2v) is 6.30. The van der Waals surface area contributed by atoms with E-state index in [-0.39, 0.29) is 5.76 Å². The van der Waals surface area contributed by atoms with E-state index in [1.807, 2.05) is 6.07 Å². The van der Waals surface area contributed by atoms with Crippen LogP contribution in [0, 0.1) is 6.92 Å². The number of likely N-dealkylation sites (tertiary alicyclic amines) is 2. The van der Waals surface area contributed by atoms with Crippen LogP contribution in [-0.2, 0) is 6.54 Å². The minimum Gasteiger partial charge on any atom is -0.475 e. The normalized spacial score (nSPS) is 24.5. The second-order valence-electron chi connectivity index (χ2n) is 6.30. The highest BCUT2D eigenvalue weighted by molar-refractivity contribution is 5.86. The topological polar surface area (TPSA) is 56.9 Å². The molecule has 0 bridgehead atoms. The van der Waals surface area contributed by atoms with Crippen LogP contribution in [0.1, 0.15) is 47.6 Å². The average Bonchev–Trinajstić information content (AvgIpc) is 3.07. The van der Waals surface area contributed by atoms with Crippen LogP contribution in [0.5, 0.6) is 0 Å². The Balaban J connectivity index is 1.57. The van der Waals surface area contributed by atoms with Crippen molar-refractivity contribution < 1.29 is 14.3 Å². The van der Waals surface area contributed by atoms with Crippen molar-refractivity contribution in [3.8, 4) is 0 Å². The summed E-state index contributed by atoms with van der Waals surface area (Å²) in [6.45, 7) is 7.13. The number of rotatable bonds is 4. The largest absolute Gasteiger partial charge is 0.475 e. The van der Waals surface area contributed by atoms with Crippen LogP contribution in [-0.4, -0.2) is 53.1 Å². The summed E-state index contributed by atoms with van der Waals surface area (Å²) in [5.41, 5.74) is 0.712. The van der Waals surface area contributed by atoms with Crippen LogP contribution in [0.2, 0.25) is 0 Å². The van der Waals surface area contributed by atoms with Crippen LogP contribution in [0.25, 0.3) is 0 Å². The van der Waals surface area contributed by atoms with E-state index in [1.165, 1.54) is 38.8 Å². The number of carbonyl (C=O) groups is 1. The molecule has 5 heteroatoms. The summed E-state index contributed by atoms with van der Waals surface area (Å²) in [4.78, 5) is 16.0. The number of furan rings is 1. The van der Waals surface area contributed by atoms with Crippen LogP contribution in [0.3, 0.4) is 0 Å². The smallest absolute Gasteiger partial charge is 0.372 e. The number of carboxylic acids is 1. The molecule has 0 aromatic carbocycles. The molecule has 3 heterocycles. The molecule has 2 aliphatic heterocycles.